The summed E-state index contributed by atoms with van der Waals surface area (Å²) in [6.45, 7) is 5.50. The molecule has 1 aliphatic carbocycles. The van der Waals surface area contributed by atoms with Gasteiger partial charge in [-0.25, -0.2) is 9.48 Å². The smallest absolute Gasteiger partial charge is 0.340 e. The first-order chi connectivity index (χ1) is 22.8. The van der Waals surface area contributed by atoms with Crippen molar-refractivity contribution < 1.29 is 33.8 Å². The Hall–Kier alpha value is -5.33. The van der Waals surface area contributed by atoms with Crippen molar-refractivity contribution in [2.24, 2.45) is 5.92 Å². The Balaban J connectivity index is 1.41. The van der Waals surface area contributed by atoms with E-state index in [4.69, 9.17) is 9.52 Å². The first-order valence-corrected chi connectivity index (χ1v) is 15.9. The molecule has 0 bridgehead atoms. The lowest BCUT2D eigenvalue weighted by Gasteiger charge is -2.39. The van der Waals surface area contributed by atoms with Crippen LogP contribution in [-0.2, 0) is 37.6 Å². The fourth-order valence-corrected chi connectivity index (χ4v) is 6.47. The number of hydrogen-bond donors (Lipinski definition) is 4. The molecule has 4 N–H and O–H groups in total. The normalized spacial score (nSPS) is 15.4. The molecule has 5 rings (SSSR count). The van der Waals surface area contributed by atoms with Crippen LogP contribution in [0.4, 0.5) is 5.69 Å². The zero-order valence-corrected chi connectivity index (χ0v) is 27.1. The number of aliphatic carboxylic acids is 2. The number of carboxylic acids is 2. The molecule has 2 amide bonds. The highest BCUT2D eigenvalue weighted by atomic mass is 16.4. The monoisotopic (exact) mass is 657 g/mol. The van der Waals surface area contributed by atoms with Gasteiger partial charge in [-0.3, -0.25) is 19.2 Å². The third-order valence-corrected chi connectivity index (χ3v) is 9.22. The second kappa shape index (κ2) is 14.2. The summed E-state index contributed by atoms with van der Waals surface area (Å²) in [5.41, 5.74) is 1.52. The molecule has 1 unspecified atom stereocenters. The molecule has 1 saturated carbocycles. The molecule has 0 saturated heterocycles. The second-order valence-electron chi connectivity index (χ2n) is 12.7. The summed E-state index contributed by atoms with van der Waals surface area (Å²) in [7, 11) is 0. The lowest BCUT2D eigenvalue weighted by atomic mass is 9.74. The molecule has 13 nitrogen and oxygen atoms in total. The number of carbonyl (C=O) groups excluding carboxylic acids is 2. The van der Waals surface area contributed by atoms with Crippen LogP contribution in [-0.4, -0.2) is 49.0 Å². The van der Waals surface area contributed by atoms with Gasteiger partial charge in [-0.05, 0) is 62.8 Å². The SMILES string of the molecule is Cc1ccc(CC(=O)N[C@](C)(c2cn(C(CC(=O)O)C(=O)Nc3ccc4c(C)c(CC(=O)O)c(=O)oc4c3)nn2)C2CCCCC2)cc1. The number of rotatable bonds is 12. The standard InChI is InChI=1S/C35H39N5O8/c1-20-9-11-22(12-10-20)15-30(41)37-35(3,23-7-5-4-6-8-23)29-19-40(39-38-29)27(18-32(44)45)33(46)36-24-13-14-25-21(2)26(17-31(42)43)34(47)48-28(25)16-24/h9-14,16,19,23,27H,4-8,15,17-18H2,1-3H3,(H,36,46)(H,37,41)(H,42,43)(H,44,45)/t27?,35-/m0/s1. The molecule has 2 aromatic heterocycles. The summed E-state index contributed by atoms with van der Waals surface area (Å²) in [4.78, 5) is 62.5. The van der Waals surface area contributed by atoms with Gasteiger partial charge in [0.2, 0.25) is 11.8 Å². The van der Waals surface area contributed by atoms with Crippen molar-refractivity contribution >= 4 is 40.4 Å². The minimum absolute atomic E-state index is 0.0295. The van der Waals surface area contributed by atoms with Gasteiger partial charge in [0, 0.05) is 17.1 Å². The van der Waals surface area contributed by atoms with Crippen LogP contribution in [0.3, 0.4) is 0 Å². The number of amides is 2. The minimum Gasteiger partial charge on any atom is -0.481 e. The summed E-state index contributed by atoms with van der Waals surface area (Å²) >= 11 is 0. The molecular weight excluding hydrogens is 618 g/mol. The maximum absolute atomic E-state index is 13.6. The Bertz CT molecular complexity index is 1910. The number of carbonyl (C=O) groups is 4. The summed E-state index contributed by atoms with van der Waals surface area (Å²) in [6, 6.07) is 11.0. The van der Waals surface area contributed by atoms with E-state index in [0.717, 1.165) is 43.2 Å². The second-order valence-corrected chi connectivity index (χ2v) is 12.7. The molecule has 2 atom stereocenters. The predicted octanol–water partition coefficient (Wildman–Crippen LogP) is 4.44. The lowest BCUT2D eigenvalue weighted by Crippen LogP contribution is -2.50. The molecule has 252 valence electrons. The molecule has 0 spiro atoms. The Morgan fingerprint density at radius 2 is 1.71 bits per heavy atom. The number of aryl methyl sites for hydroxylation is 2. The van der Waals surface area contributed by atoms with Gasteiger partial charge in [0.05, 0.1) is 36.6 Å². The molecule has 0 radical (unpaired) electrons. The fraction of sp³-hybridized carbons (Fsp3) is 0.400. The number of fused-ring (bicyclic) bond motifs is 1. The van der Waals surface area contributed by atoms with E-state index in [0.29, 0.717) is 16.6 Å². The van der Waals surface area contributed by atoms with Crippen LogP contribution >= 0.6 is 0 Å². The third kappa shape index (κ3) is 7.62. The van der Waals surface area contributed by atoms with Gasteiger partial charge >= 0.3 is 17.6 Å². The Morgan fingerprint density at radius 3 is 2.38 bits per heavy atom. The Kier molecular flexibility index (Phi) is 10.1. The average molecular weight is 658 g/mol. The van der Waals surface area contributed by atoms with E-state index in [-0.39, 0.29) is 35.1 Å². The van der Waals surface area contributed by atoms with Crippen molar-refractivity contribution in [3.05, 3.63) is 87.0 Å². The number of nitrogens with zero attached hydrogens (tertiary/aromatic N) is 3. The zero-order valence-electron chi connectivity index (χ0n) is 27.1. The van der Waals surface area contributed by atoms with Gasteiger partial charge in [0.15, 0.2) is 0 Å². The third-order valence-electron chi connectivity index (χ3n) is 9.22. The van der Waals surface area contributed by atoms with Crippen LogP contribution in [0, 0.1) is 19.8 Å². The lowest BCUT2D eigenvalue weighted by molar-refractivity contribution is -0.140. The van der Waals surface area contributed by atoms with E-state index in [9.17, 15) is 29.1 Å². The van der Waals surface area contributed by atoms with Crippen molar-refractivity contribution in [1.29, 1.82) is 0 Å². The number of anilines is 1. The van der Waals surface area contributed by atoms with E-state index in [2.05, 4.69) is 20.9 Å². The van der Waals surface area contributed by atoms with Crippen LogP contribution in [0.15, 0.2) is 57.9 Å². The number of nitrogens with one attached hydrogen (secondary N) is 2. The van der Waals surface area contributed by atoms with Gasteiger partial charge < -0.3 is 25.3 Å². The first-order valence-electron chi connectivity index (χ1n) is 15.9. The van der Waals surface area contributed by atoms with E-state index >= 15 is 0 Å². The van der Waals surface area contributed by atoms with E-state index in [1.165, 1.54) is 16.9 Å². The molecule has 4 aromatic rings. The van der Waals surface area contributed by atoms with Crippen molar-refractivity contribution in [1.82, 2.24) is 20.3 Å². The molecule has 1 fully saturated rings. The Labute approximate surface area is 276 Å². The van der Waals surface area contributed by atoms with Crippen LogP contribution < -0.4 is 16.3 Å². The summed E-state index contributed by atoms with van der Waals surface area (Å²) in [5.74, 6) is -3.23. The van der Waals surface area contributed by atoms with Crippen molar-refractivity contribution in [3.8, 4) is 0 Å². The van der Waals surface area contributed by atoms with E-state index in [1.807, 2.05) is 38.1 Å². The highest BCUT2D eigenvalue weighted by molar-refractivity contribution is 5.97. The number of benzene rings is 2. The van der Waals surface area contributed by atoms with Crippen LogP contribution in [0.2, 0.25) is 0 Å². The quantitative estimate of drug-likeness (QED) is 0.158. The minimum atomic E-state index is -1.30. The van der Waals surface area contributed by atoms with Gasteiger partial charge in [-0.2, -0.15) is 0 Å². The molecule has 48 heavy (non-hydrogen) atoms. The van der Waals surface area contributed by atoms with Crippen LogP contribution in [0.5, 0.6) is 0 Å². The Morgan fingerprint density at radius 1 is 1.00 bits per heavy atom. The topological polar surface area (TPSA) is 194 Å². The summed E-state index contributed by atoms with van der Waals surface area (Å²) in [6.07, 6.45) is 5.43. The number of hydrogen-bond acceptors (Lipinski definition) is 8. The first kappa shape index (κ1) is 34.0. The van der Waals surface area contributed by atoms with E-state index in [1.54, 1.807) is 19.1 Å². The van der Waals surface area contributed by atoms with Crippen molar-refractivity contribution in [3.63, 3.8) is 0 Å². The fourth-order valence-electron chi connectivity index (χ4n) is 6.47. The predicted molar refractivity (Wildman–Crippen MR) is 175 cm³/mol. The van der Waals surface area contributed by atoms with Gasteiger partial charge in [-0.15, -0.1) is 5.10 Å². The highest BCUT2D eigenvalue weighted by Gasteiger charge is 2.41. The van der Waals surface area contributed by atoms with Crippen molar-refractivity contribution in [2.45, 2.75) is 83.7 Å². The van der Waals surface area contributed by atoms with Crippen LogP contribution in [0.1, 0.15) is 79.4 Å². The molecule has 13 heteroatoms. The van der Waals surface area contributed by atoms with E-state index < -0.39 is 47.9 Å². The maximum Gasteiger partial charge on any atom is 0.340 e. The molecule has 2 heterocycles. The number of aromatic nitrogens is 3. The molecule has 2 aromatic carbocycles. The molecule has 0 aliphatic heterocycles. The van der Waals surface area contributed by atoms with Gasteiger partial charge in [0.25, 0.3) is 0 Å². The molecule has 1 aliphatic rings. The largest absolute Gasteiger partial charge is 0.481 e. The average Bonchev–Trinajstić information content (AvgIpc) is 3.54. The van der Waals surface area contributed by atoms with Gasteiger partial charge in [-0.1, -0.05) is 54.3 Å². The van der Waals surface area contributed by atoms with Crippen LogP contribution in [0.25, 0.3) is 11.0 Å². The van der Waals surface area contributed by atoms with Crippen molar-refractivity contribution in [2.75, 3.05) is 5.32 Å². The molecular formula is C35H39N5O8. The maximum atomic E-state index is 13.6. The summed E-state index contributed by atoms with van der Waals surface area (Å²) in [5, 5.41) is 33.8. The highest BCUT2D eigenvalue weighted by Crippen LogP contribution is 2.39. The summed E-state index contributed by atoms with van der Waals surface area (Å²) < 4.78 is 6.56. The van der Waals surface area contributed by atoms with Gasteiger partial charge in [0.1, 0.15) is 17.3 Å². The zero-order chi connectivity index (χ0) is 34.6. The number of carboxylic acid groups (broad SMARTS) is 2.